The lowest BCUT2D eigenvalue weighted by Gasteiger charge is -1.89. The monoisotopic (exact) mass is 192 g/mol. The Morgan fingerprint density at radius 2 is 1.29 bits per heavy atom. The molecule has 0 bridgehead atoms. The largest absolute Gasteiger partial charge is 0.130 e. The first kappa shape index (κ1) is 15.7. The first-order chi connectivity index (χ1) is 6.66. The maximum atomic E-state index is 2.17. The molecule has 1 heteroatoms. The van der Waals surface area contributed by atoms with Crippen LogP contribution in [0.2, 0.25) is 20.5 Å². The van der Waals surface area contributed by atoms with Gasteiger partial charge >= 0.3 is 0 Å². The third-order valence-corrected chi connectivity index (χ3v) is 1.25. The van der Waals surface area contributed by atoms with Crippen LogP contribution in [0.1, 0.15) is 26.3 Å². The molecule has 0 spiro atoms. The van der Waals surface area contributed by atoms with Gasteiger partial charge < -0.3 is 0 Å². The number of rotatable bonds is 1. The minimum atomic E-state index is 0.833. The van der Waals surface area contributed by atoms with Gasteiger partial charge in [0.1, 0.15) is 6.71 Å². The minimum Gasteiger partial charge on any atom is -0.0865 e. The summed E-state index contributed by atoms with van der Waals surface area (Å²) in [7, 11) is 0. The fourth-order valence-electron chi connectivity index (χ4n) is 0.714. The molecule has 0 aliphatic rings. The van der Waals surface area contributed by atoms with Crippen molar-refractivity contribution in [3.63, 3.8) is 0 Å². The Kier molecular flexibility index (Phi) is 13.8. The second-order valence-corrected chi connectivity index (χ2v) is 3.57. The molecular weight excluding hydrogens is 167 g/mol. The number of benzene rings is 1. The molecule has 0 amide bonds. The molecule has 1 aromatic rings. The normalized spacial score (nSPS) is 7.57. The van der Waals surface area contributed by atoms with Gasteiger partial charge in [-0.15, -0.1) is 0 Å². The van der Waals surface area contributed by atoms with Crippen LogP contribution >= 0.6 is 0 Å². The van der Waals surface area contributed by atoms with Crippen LogP contribution in [0.3, 0.4) is 0 Å². The summed E-state index contributed by atoms with van der Waals surface area (Å²) in [6.45, 7) is 13.5. The molecule has 0 saturated heterocycles. The highest BCUT2D eigenvalue weighted by Gasteiger charge is 1.80. The van der Waals surface area contributed by atoms with Crippen molar-refractivity contribution in [1.82, 2.24) is 0 Å². The zero-order valence-electron chi connectivity index (χ0n) is 10.7. The maximum absolute atomic E-state index is 2.17. The summed E-state index contributed by atoms with van der Waals surface area (Å²) in [6.07, 6.45) is 1.14. The average molecular weight is 192 g/mol. The Hall–Kier alpha value is -0.715. The van der Waals surface area contributed by atoms with Gasteiger partial charge in [0, 0.05) is 0 Å². The topological polar surface area (TPSA) is 0 Å². The van der Waals surface area contributed by atoms with Gasteiger partial charge in [0.2, 0.25) is 0 Å². The van der Waals surface area contributed by atoms with Gasteiger partial charge in [-0.1, -0.05) is 71.6 Å². The molecule has 0 aromatic heterocycles. The van der Waals surface area contributed by atoms with Crippen LogP contribution in [0, 0.1) is 0 Å². The van der Waals surface area contributed by atoms with Crippen molar-refractivity contribution in [2.24, 2.45) is 0 Å². The summed E-state index contributed by atoms with van der Waals surface area (Å²) >= 11 is 0. The Bertz CT molecular complexity index is 177. The zero-order valence-corrected chi connectivity index (χ0v) is 10.7. The lowest BCUT2D eigenvalue weighted by Crippen LogP contribution is -1.84. The van der Waals surface area contributed by atoms with E-state index in [1.165, 1.54) is 5.56 Å². The van der Waals surface area contributed by atoms with Crippen molar-refractivity contribution in [2.45, 2.75) is 47.7 Å². The molecule has 14 heavy (non-hydrogen) atoms. The summed E-state index contributed by atoms with van der Waals surface area (Å²) in [5.41, 5.74) is 1.41. The number of hydrogen-bond donors (Lipinski definition) is 0. The van der Waals surface area contributed by atoms with E-state index < -0.39 is 0 Å². The summed E-state index contributed by atoms with van der Waals surface area (Å²) in [5.74, 6) is 0. The van der Waals surface area contributed by atoms with Crippen LogP contribution in [0.15, 0.2) is 30.3 Å². The molecule has 0 aliphatic heterocycles. The third kappa shape index (κ3) is 13.8. The van der Waals surface area contributed by atoms with E-state index in [0.717, 1.165) is 13.1 Å². The van der Waals surface area contributed by atoms with Crippen molar-refractivity contribution in [1.29, 1.82) is 0 Å². The fourth-order valence-corrected chi connectivity index (χ4v) is 0.714. The van der Waals surface area contributed by atoms with E-state index in [4.69, 9.17) is 0 Å². The number of hydrogen-bond acceptors (Lipinski definition) is 0. The van der Waals surface area contributed by atoms with Crippen LogP contribution < -0.4 is 0 Å². The molecule has 0 unspecified atom stereocenters. The summed E-state index contributed by atoms with van der Waals surface area (Å²) in [6, 6.07) is 10.5. The van der Waals surface area contributed by atoms with Crippen LogP contribution in [0.5, 0.6) is 0 Å². The summed E-state index contributed by atoms with van der Waals surface area (Å²) in [5, 5.41) is 0. The highest BCUT2D eigenvalue weighted by molar-refractivity contribution is 6.54. The van der Waals surface area contributed by atoms with Crippen LogP contribution in [0.25, 0.3) is 0 Å². The first-order valence-electron chi connectivity index (χ1n) is 5.70. The quantitative estimate of drug-likeness (QED) is 0.568. The molecule has 0 radical (unpaired) electrons. The van der Waals surface area contributed by atoms with Crippen molar-refractivity contribution in [3.8, 4) is 0 Å². The zero-order chi connectivity index (χ0) is 11.4. The van der Waals surface area contributed by atoms with Gasteiger partial charge in [-0.3, -0.25) is 0 Å². The molecule has 0 fully saturated rings. The van der Waals surface area contributed by atoms with Crippen LogP contribution in [-0.2, 0) is 6.42 Å². The predicted molar refractivity (Wildman–Crippen MR) is 70.5 cm³/mol. The molecule has 0 nitrogen and oxygen atoms in total. The summed E-state index contributed by atoms with van der Waals surface area (Å²) < 4.78 is 0. The molecule has 0 N–H and O–H groups in total. The van der Waals surface area contributed by atoms with Gasteiger partial charge in [0.05, 0.1) is 0 Å². The van der Waals surface area contributed by atoms with Crippen LogP contribution in [-0.4, -0.2) is 6.71 Å². The van der Waals surface area contributed by atoms with Gasteiger partial charge in [0.15, 0.2) is 0 Å². The van der Waals surface area contributed by atoms with E-state index in [0.29, 0.717) is 0 Å². The van der Waals surface area contributed by atoms with Crippen molar-refractivity contribution in [2.75, 3.05) is 0 Å². The Morgan fingerprint density at radius 3 is 1.50 bits per heavy atom. The van der Waals surface area contributed by atoms with Gasteiger partial charge in [-0.05, 0) is 12.0 Å². The SMILES string of the molecule is CB(C)C.CC.CCc1ccccc1. The van der Waals surface area contributed by atoms with Gasteiger partial charge in [-0.25, -0.2) is 0 Å². The van der Waals surface area contributed by atoms with E-state index in [1.54, 1.807) is 0 Å². The van der Waals surface area contributed by atoms with E-state index in [9.17, 15) is 0 Å². The molecular formula is C13H25B. The van der Waals surface area contributed by atoms with E-state index >= 15 is 0 Å². The molecule has 0 atom stereocenters. The lowest BCUT2D eigenvalue weighted by molar-refractivity contribution is 1.14. The summed E-state index contributed by atoms with van der Waals surface area (Å²) in [4.78, 5) is 0. The second-order valence-electron chi connectivity index (χ2n) is 3.57. The Morgan fingerprint density at radius 1 is 0.929 bits per heavy atom. The lowest BCUT2D eigenvalue weighted by atomic mass is 9.58. The Balaban J connectivity index is 0. The first-order valence-corrected chi connectivity index (χ1v) is 5.70. The molecule has 0 saturated carbocycles. The minimum absolute atomic E-state index is 0.833. The highest BCUT2D eigenvalue weighted by atomic mass is 13.9. The van der Waals surface area contributed by atoms with Crippen LogP contribution in [0.4, 0.5) is 0 Å². The highest BCUT2D eigenvalue weighted by Crippen LogP contribution is 1.96. The average Bonchev–Trinajstić information content (AvgIpc) is 2.21. The standard InChI is InChI=1S/C8H10.C3H9B.C2H6/c1-2-8-6-4-3-5-7-8;1-4(2)3;1-2/h3-7H,2H2,1H3;1-3H3;1-2H3. The molecule has 0 aliphatic carbocycles. The van der Waals surface area contributed by atoms with Gasteiger partial charge in [0.25, 0.3) is 0 Å². The van der Waals surface area contributed by atoms with Crippen molar-refractivity contribution < 1.29 is 0 Å². The van der Waals surface area contributed by atoms with Gasteiger partial charge in [-0.2, -0.15) is 0 Å². The molecule has 1 rings (SSSR count). The molecule has 0 heterocycles. The predicted octanol–water partition coefficient (Wildman–Crippen LogP) is 4.65. The van der Waals surface area contributed by atoms with E-state index in [2.05, 4.69) is 51.7 Å². The smallest absolute Gasteiger partial charge is 0.0865 e. The van der Waals surface area contributed by atoms with E-state index in [1.807, 2.05) is 19.9 Å². The van der Waals surface area contributed by atoms with Crippen molar-refractivity contribution >= 4 is 6.71 Å². The van der Waals surface area contributed by atoms with E-state index in [-0.39, 0.29) is 0 Å². The third-order valence-electron chi connectivity index (χ3n) is 1.25. The Labute approximate surface area is 90.8 Å². The maximum Gasteiger partial charge on any atom is 0.130 e. The fraction of sp³-hybridized carbons (Fsp3) is 0.538. The van der Waals surface area contributed by atoms with Crippen molar-refractivity contribution in [3.05, 3.63) is 35.9 Å². The second kappa shape index (κ2) is 12.3. The number of aryl methyl sites for hydroxylation is 1. The molecule has 80 valence electrons. The molecule has 1 aromatic carbocycles.